The van der Waals surface area contributed by atoms with Crippen LogP contribution in [0, 0.1) is 0 Å². The summed E-state index contributed by atoms with van der Waals surface area (Å²) in [5, 5.41) is 2.56. The van der Waals surface area contributed by atoms with Gasteiger partial charge >= 0.3 is 6.01 Å². The molecule has 2 aromatic carbocycles. The first kappa shape index (κ1) is 15.4. The van der Waals surface area contributed by atoms with Crippen molar-refractivity contribution in [2.45, 2.75) is 38.7 Å². The molecule has 1 aliphatic rings. The predicted octanol–water partition coefficient (Wildman–Crippen LogP) is 5.24. The average molecular weight is 343 g/mol. The molecule has 26 heavy (non-hydrogen) atoms. The standard InChI is InChI=1S/C22H21N3O/c1-14(2)26-22-24-21-20(8-5-13-23-21)25(22)19-12-11-16(15-9-10-15)17-6-3-4-7-18(17)19/h3-8,11-15H,9-10H2,1-2H3. The van der Waals surface area contributed by atoms with E-state index >= 15 is 0 Å². The van der Waals surface area contributed by atoms with E-state index in [2.05, 4.69) is 50.9 Å². The van der Waals surface area contributed by atoms with Crippen LogP contribution in [0.2, 0.25) is 0 Å². The average Bonchev–Trinajstić information content (AvgIpc) is 3.42. The maximum Gasteiger partial charge on any atom is 0.303 e. The van der Waals surface area contributed by atoms with Crippen LogP contribution in [0.1, 0.15) is 38.2 Å². The highest BCUT2D eigenvalue weighted by molar-refractivity contribution is 5.95. The van der Waals surface area contributed by atoms with Crippen LogP contribution >= 0.6 is 0 Å². The Morgan fingerprint density at radius 1 is 1.00 bits per heavy atom. The summed E-state index contributed by atoms with van der Waals surface area (Å²) >= 11 is 0. The Bertz CT molecular complexity index is 1110. The van der Waals surface area contributed by atoms with Gasteiger partial charge in [0, 0.05) is 11.6 Å². The molecule has 4 heteroatoms. The number of nitrogens with zero attached hydrogens (tertiary/aromatic N) is 3. The Morgan fingerprint density at radius 2 is 1.81 bits per heavy atom. The molecule has 4 nitrogen and oxygen atoms in total. The molecule has 0 saturated heterocycles. The van der Waals surface area contributed by atoms with Crippen LogP contribution in [-0.2, 0) is 0 Å². The molecule has 1 saturated carbocycles. The molecule has 0 unspecified atom stereocenters. The number of hydrogen-bond donors (Lipinski definition) is 0. The number of fused-ring (bicyclic) bond motifs is 2. The quantitative estimate of drug-likeness (QED) is 0.509. The van der Waals surface area contributed by atoms with Crippen LogP contribution in [0.4, 0.5) is 0 Å². The molecular formula is C22H21N3O. The van der Waals surface area contributed by atoms with Crippen molar-refractivity contribution in [2.24, 2.45) is 0 Å². The van der Waals surface area contributed by atoms with Crippen molar-refractivity contribution in [3.05, 3.63) is 60.3 Å². The van der Waals surface area contributed by atoms with Crippen molar-refractivity contribution in [1.82, 2.24) is 14.5 Å². The molecule has 2 heterocycles. The molecule has 5 rings (SSSR count). The fourth-order valence-corrected chi connectivity index (χ4v) is 3.67. The third-order valence-corrected chi connectivity index (χ3v) is 4.93. The highest BCUT2D eigenvalue weighted by Gasteiger charge is 2.26. The van der Waals surface area contributed by atoms with Gasteiger partial charge in [0.15, 0.2) is 5.65 Å². The van der Waals surface area contributed by atoms with Gasteiger partial charge in [0.1, 0.15) is 0 Å². The van der Waals surface area contributed by atoms with Crippen molar-refractivity contribution in [1.29, 1.82) is 0 Å². The molecule has 0 atom stereocenters. The fourth-order valence-electron chi connectivity index (χ4n) is 3.67. The van der Waals surface area contributed by atoms with Gasteiger partial charge in [0.2, 0.25) is 0 Å². The molecular weight excluding hydrogens is 322 g/mol. The first-order chi connectivity index (χ1) is 12.7. The number of ether oxygens (including phenoxy) is 1. The van der Waals surface area contributed by atoms with Gasteiger partial charge in [-0.25, -0.2) is 4.98 Å². The zero-order valence-electron chi connectivity index (χ0n) is 15.0. The summed E-state index contributed by atoms with van der Waals surface area (Å²) < 4.78 is 8.13. The van der Waals surface area contributed by atoms with E-state index in [0.29, 0.717) is 17.6 Å². The van der Waals surface area contributed by atoms with E-state index < -0.39 is 0 Å². The Morgan fingerprint density at radius 3 is 2.58 bits per heavy atom. The summed E-state index contributed by atoms with van der Waals surface area (Å²) in [6.07, 6.45) is 4.40. The molecule has 0 bridgehead atoms. The molecule has 2 aromatic heterocycles. The normalized spacial score (nSPS) is 14.4. The molecule has 0 spiro atoms. The SMILES string of the molecule is CC(C)Oc1nc2ncccc2n1-c1ccc(C2CC2)c2ccccc12. The Kier molecular flexibility index (Phi) is 3.45. The smallest absolute Gasteiger partial charge is 0.303 e. The van der Waals surface area contributed by atoms with E-state index in [4.69, 9.17) is 4.74 Å². The summed E-state index contributed by atoms with van der Waals surface area (Å²) in [5.74, 6) is 0.710. The molecule has 0 N–H and O–H groups in total. The van der Waals surface area contributed by atoms with Crippen LogP contribution in [-0.4, -0.2) is 20.6 Å². The molecule has 1 fully saturated rings. The molecule has 0 aliphatic heterocycles. The summed E-state index contributed by atoms with van der Waals surface area (Å²) in [5.41, 5.74) is 4.22. The van der Waals surface area contributed by atoms with Crippen molar-refractivity contribution in [3.63, 3.8) is 0 Å². The molecule has 0 amide bonds. The van der Waals surface area contributed by atoms with Crippen molar-refractivity contribution >= 4 is 21.9 Å². The topological polar surface area (TPSA) is 39.9 Å². The Balaban J connectivity index is 1.82. The van der Waals surface area contributed by atoms with Gasteiger partial charge in [-0.15, -0.1) is 0 Å². The van der Waals surface area contributed by atoms with Crippen LogP contribution in [0.5, 0.6) is 6.01 Å². The Hall–Kier alpha value is -2.88. The first-order valence-electron chi connectivity index (χ1n) is 9.24. The lowest BCUT2D eigenvalue weighted by atomic mass is 9.99. The number of benzene rings is 2. The third-order valence-electron chi connectivity index (χ3n) is 4.93. The van der Waals surface area contributed by atoms with Gasteiger partial charge in [0.25, 0.3) is 0 Å². The van der Waals surface area contributed by atoms with E-state index in [1.165, 1.54) is 29.2 Å². The third kappa shape index (κ3) is 2.45. The van der Waals surface area contributed by atoms with E-state index in [-0.39, 0.29) is 6.10 Å². The maximum absolute atomic E-state index is 6.04. The highest BCUT2D eigenvalue weighted by Crippen LogP contribution is 2.44. The van der Waals surface area contributed by atoms with Gasteiger partial charge in [0.05, 0.1) is 17.3 Å². The van der Waals surface area contributed by atoms with Gasteiger partial charge in [-0.2, -0.15) is 4.98 Å². The minimum Gasteiger partial charge on any atom is -0.462 e. The number of aromatic nitrogens is 3. The Labute approximate surface area is 152 Å². The van der Waals surface area contributed by atoms with E-state index in [0.717, 1.165) is 11.2 Å². The zero-order chi connectivity index (χ0) is 17.7. The van der Waals surface area contributed by atoms with Gasteiger partial charge in [-0.1, -0.05) is 30.3 Å². The lowest BCUT2D eigenvalue weighted by Gasteiger charge is -2.16. The molecule has 4 aromatic rings. The second-order valence-electron chi connectivity index (χ2n) is 7.24. The van der Waals surface area contributed by atoms with Crippen LogP contribution in [0.3, 0.4) is 0 Å². The van der Waals surface area contributed by atoms with Crippen molar-refractivity contribution in [3.8, 4) is 11.7 Å². The largest absolute Gasteiger partial charge is 0.462 e. The number of pyridine rings is 1. The minimum absolute atomic E-state index is 0.0440. The summed E-state index contributed by atoms with van der Waals surface area (Å²) in [6, 6.07) is 17.7. The monoisotopic (exact) mass is 343 g/mol. The van der Waals surface area contributed by atoms with Gasteiger partial charge in [-0.3, -0.25) is 4.57 Å². The lowest BCUT2D eigenvalue weighted by Crippen LogP contribution is -2.10. The first-order valence-corrected chi connectivity index (χ1v) is 9.24. The molecule has 1 aliphatic carbocycles. The molecule has 130 valence electrons. The van der Waals surface area contributed by atoms with Crippen LogP contribution < -0.4 is 4.74 Å². The predicted molar refractivity (Wildman–Crippen MR) is 104 cm³/mol. The van der Waals surface area contributed by atoms with E-state index in [1.54, 1.807) is 6.20 Å². The van der Waals surface area contributed by atoms with E-state index in [9.17, 15) is 0 Å². The van der Waals surface area contributed by atoms with Gasteiger partial charge in [-0.05, 0) is 61.8 Å². The fraction of sp³-hybridized carbons (Fsp3) is 0.273. The number of rotatable bonds is 4. The van der Waals surface area contributed by atoms with Crippen LogP contribution in [0.25, 0.3) is 27.6 Å². The number of hydrogen-bond acceptors (Lipinski definition) is 3. The van der Waals surface area contributed by atoms with Gasteiger partial charge < -0.3 is 4.74 Å². The van der Waals surface area contributed by atoms with E-state index in [1.807, 2.05) is 26.0 Å². The zero-order valence-corrected chi connectivity index (χ0v) is 15.0. The summed E-state index contributed by atoms with van der Waals surface area (Å²) in [7, 11) is 0. The number of imidazole rings is 1. The highest BCUT2D eigenvalue weighted by atomic mass is 16.5. The summed E-state index contributed by atoms with van der Waals surface area (Å²) in [6.45, 7) is 4.04. The van der Waals surface area contributed by atoms with Crippen molar-refractivity contribution in [2.75, 3.05) is 0 Å². The second kappa shape index (κ2) is 5.84. The van der Waals surface area contributed by atoms with Crippen LogP contribution in [0.15, 0.2) is 54.7 Å². The van der Waals surface area contributed by atoms with Crippen molar-refractivity contribution < 1.29 is 4.74 Å². The lowest BCUT2D eigenvalue weighted by molar-refractivity contribution is 0.220. The molecule has 0 radical (unpaired) electrons. The second-order valence-corrected chi connectivity index (χ2v) is 7.24. The summed E-state index contributed by atoms with van der Waals surface area (Å²) in [4.78, 5) is 9.05. The minimum atomic E-state index is 0.0440. The maximum atomic E-state index is 6.04.